The van der Waals surface area contributed by atoms with Crippen LogP contribution in [0.15, 0.2) is 0 Å². The highest BCUT2D eigenvalue weighted by atomic mass is 16.5. The summed E-state index contributed by atoms with van der Waals surface area (Å²) < 4.78 is 5.54. The van der Waals surface area contributed by atoms with Crippen LogP contribution in [0.2, 0.25) is 0 Å². The van der Waals surface area contributed by atoms with E-state index in [-0.39, 0.29) is 6.10 Å². The Morgan fingerprint density at radius 1 is 1.18 bits per heavy atom. The van der Waals surface area contributed by atoms with Gasteiger partial charge in [-0.05, 0) is 55.8 Å². The monoisotopic (exact) mass is 235 g/mol. The third-order valence-electron chi connectivity index (χ3n) is 5.57. The highest BCUT2D eigenvalue weighted by Gasteiger charge is 2.67. The molecule has 0 spiro atoms. The summed E-state index contributed by atoms with van der Waals surface area (Å²) in [6.07, 6.45) is 6.75. The maximum atomic E-state index is 12.1. The molecule has 1 aliphatic heterocycles. The van der Waals surface area contributed by atoms with Crippen molar-refractivity contribution in [1.82, 2.24) is 5.32 Å². The first-order chi connectivity index (χ1) is 8.34. The Balaban J connectivity index is 1.30. The average molecular weight is 235 g/mol. The molecule has 3 saturated carbocycles. The van der Waals surface area contributed by atoms with Crippen LogP contribution in [-0.4, -0.2) is 25.2 Å². The molecular formula is C14H21NO2. The van der Waals surface area contributed by atoms with Crippen molar-refractivity contribution in [1.29, 1.82) is 0 Å². The van der Waals surface area contributed by atoms with Gasteiger partial charge >= 0.3 is 0 Å². The van der Waals surface area contributed by atoms with E-state index in [1.54, 1.807) is 0 Å². The number of carbonyl (C=O) groups excluding carboxylic acids is 1. The van der Waals surface area contributed by atoms with Gasteiger partial charge < -0.3 is 10.1 Å². The quantitative estimate of drug-likeness (QED) is 0.806. The van der Waals surface area contributed by atoms with Crippen LogP contribution in [0.4, 0.5) is 0 Å². The van der Waals surface area contributed by atoms with Crippen molar-refractivity contribution in [2.75, 3.05) is 13.2 Å². The fourth-order valence-electron chi connectivity index (χ4n) is 4.81. The van der Waals surface area contributed by atoms with Gasteiger partial charge in [0.25, 0.3) is 0 Å². The van der Waals surface area contributed by atoms with Crippen molar-refractivity contribution in [2.24, 2.45) is 29.6 Å². The van der Waals surface area contributed by atoms with Gasteiger partial charge in [0.15, 0.2) is 0 Å². The van der Waals surface area contributed by atoms with Crippen LogP contribution in [-0.2, 0) is 9.53 Å². The molecule has 1 saturated heterocycles. The van der Waals surface area contributed by atoms with E-state index in [2.05, 4.69) is 5.32 Å². The molecule has 0 radical (unpaired) electrons. The molecule has 4 aliphatic rings. The zero-order valence-corrected chi connectivity index (χ0v) is 10.2. The lowest BCUT2D eigenvalue weighted by atomic mass is 10.0. The number of hydrogen-bond acceptors (Lipinski definition) is 2. The summed E-state index contributed by atoms with van der Waals surface area (Å²) in [5.41, 5.74) is 0. The number of amides is 1. The third kappa shape index (κ3) is 1.55. The minimum atomic E-state index is 0.286. The van der Waals surface area contributed by atoms with Gasteiger partial charge in [0.05, 0.1) is 6.10 Å². The number of rotatable bonds is 3. The molecule has 3 aliphatic carbocycles. The van der Waals surface area contributed by atoms with Crippen molar-refractivity contribution in [3.63, 3.8) is 0 Å². The van der Waals surface area contributed by atoms with Crippen molar-refractivity contribution in [3.8, 4) is 0 Å². The van der Waals surface area contributed by atoms with E-state index >= 15 is 0 Å². The van der Waals surface area contributed by atoms with E-state index < -0.39 is 0 Å². The van der Waals surface area contributed by atoms with Crippen molar-refractivity contribution in [2.45, 2.75) is 38.2 Å². The molecule has 3 heteroatoms. The smallest absolute Gasteiger partial charge is 0.223 e. The first kappa shape index (κ1) is 10.4. The first-order valence-electron chi connectivity index (χ1n) is 7.24. The topological polar surface area (TPSA) is 38.3 Å². The Morgan fingerprint density at radius 2 is 1.94 bits per heavy atom. The molecule has 17 heavy (non-hydrogen) atoms. The summed E-state index contributed by atoms with van der Waals surface area (Å²) in [6, 6.07) is 0. The summed E-state index contributed by atoms with van der Waals surface area (Å²) in [5, 5.41) is 3.12. The fourth-order valence-corrected chi connectivity index (χ4v) is 4.81. The maximum absolute atomic E-state index is 12.1. The molecule has 94 valence electrons. The van der Waals surface area contributed by atoms with Gasteiger partial charge in [-0.3, -0.25) is 4.79 Å². The van der Waals surface area contributed by atoms with Crippen molar-refractivity contribution < 1.29 is 9.53 Å². The summed E-state index contributed by atoms with van der Waals surface area (Å²) in [6.45, 7) is 1.61. The van der Waals surface area contributed by atoms with E-state index in [4.69, 9.17) is 4.74 Å². The van der Waals surface area contributed by atoms with Crippen molar-refractivity contribution in [3.05, 3.63) is 0 Å². The van der Waals surface area contributed by atoms with E-state index in [0.29, 0.717) is 11.8 Å². The Morgan fingerprint density at radius 3 is 2.59 bits per heavy atom. The standard InChI is InChI=1S/C14H21NO2/c16-14(15-7-10-2-1-5-17-10)13-11-8-3-4-9(6-8)12(11)13/h8-13H,1-7H2,(H,15,16)/t8-,9-,10-,11-,12+,13?/m0/s1. The zero-order chi connectivity index (χ0) is 11.4. The molecule has 1 amide bonds. The molecule has 0 aromatic heterocycles. The summed E-state index contributed by atoms with van der Waals surface area (Å²) in [5.74, 6) is 4.01. The van der Waals surface area contributed by atoms with Gasteiger partial charge in [-0.25, -0.2) is 0 Å². The number of ether oxygens (including phenoxy) is 1. The summed E-state index contributed by atoms with van der Waals surface area (Å²) in [7, 11) is 0. The molecule has 0 aromatic rings. The van der Waals surface area contributed by atoms with Gasteiger partial charge in [-0.1, -0.05) is 0 Å². The Hall–Kier alpha value is -0.570. The van der Waals surface area contributed by atoms with E-state index in [0.717, 1.165) is 49.7 Å². The minimum Gasteiger partial charge on any atom is -0.376 e. The highest BCUT2D eigenvalue weighted by Crippen LogP contribution is 2.69. The lowest BCUT2D eigenvalue weighted by Gasteiger charge is -2.12. The highest BCUT2D eigenvalue weighted by molar-refractivity contribution is 5.82. The second-order valence-corrected chi connectivity index (χ2v) is 6.39. The van der Waals surface area contributed by atoms with Gasteiger partial charge in [0.2, 0.25) is 5.91 Å². The Bertz CT molecular complexity index is 321. The summed E-state index contributed by atoms with van der Waals surface area (Å²) in [4.78, 5) is 12.1. The number of fused-ring (bicyclic) bond motifs is 5. The van der Waals surface area contributed by atoms with Gasteiger partial charge in [-0.15, -0.1) is 0 Å². The molecular weight excluding hydrogens is 214 g/mol. The van der Waals surface area contributed by atoms with E-state index in [9.17, 15) is 4.79 Å². The SMILES string of the molecule is O=C(NC[C@@H]1CCCO1)C1[C@@H]2[C@H]3CC[C@@H](C3)[C@H]12. The van der Waals surface area contributed by atoms with Crippen LogP contribution in [0.3, 0.4) is 0 Å². The first-order valence-corrected chi connectivity index (χ1v) is 7.24. The molecule has 4 rings (SSSR count). The molecule has 1 heterocycles. The van der Waals surface area contributed by atoms with Gasteiger partial charge in [0, 0.05) is 19.1 Å². The molecule has 4 fully saturated rings. The second-order valence-electron chi connectivity index (χ2n) is 6.39. The van der Waals surface area contributed by atoms with Crippen LogP contribution in [0.1, 0.15) is 32.1 Å². The van der Waals surface area contributed by atoms with Crippen LogP contribution in [0, 0.1) is 29.6 Å². The zero-order valence-electron chi connectivity index (χ0n) is 10.2. The summed E-state index contributed by atoms with van der Waals surface area (Å²) >= 11 is 0. The second kappa shape index (κ2) is 3.71. The molecule has 0 aromatic carbocycles. The number of hydrogen-bond donors (Lipinski definition) is 1. The predicted molar refractivity (Wildman–Crippen MR) is 63.3 cm³/mol. The largest absolute Gasteiger partial charge is 0.376 e. The Kier molecular flexibility index (Phi) is 2.26. The van der Waals surface area contributed by atoms with E-state index in [1.165, 1.54) is 19.3 Å². The molecule has 3 nitrogen and oxygen atoms in total. The lowest BCUT2D eigenvalue weighted by molar-refractivity contribution is -0.123. The van der Waals surface area contributed by atoms with Gasteiger partial charge in [-0.2, -0.15) is 0 Å². The predicted octanol–water partition coefficient (Wildman–Crippen LogP) is 1.57. The van der Waals surface area contributed by atoms with Crippen LogP contribution < -0.4 is 5.32 Å². The molecule has 1 unspecified atom stereocenters. The Labute approximate surface area is 102 Å². The van der Waals surface area contributed by atoms with E-state index in [1.807, 2.05) is 0 Å². The van der Waals surface area contributed by atoms with Crippen LogP contribution >= 0.6 is 0 Å². The van der Waals surface area contributed by atoms with Crippen LogP contribution in [0.5, 0.6) is 0 Å². The van der Waals surface area contributed by atoms with Crippen molar-refractivity contribution >= 4 is 5.91 Å². The number of carbonyl (C=O) groups is 1. The third-order valence-corrected chi connectivity index (χ3v) is 5.57. The lowest BCUT2D eigenvalue weighted by Crippen LogP contribution is -2.34. The van der Waals surface area contributed by atoms with Crippen LogP contribution in [0.25, 0.3) is 0 Å². The fraction of sp³-hybridized carbons (Fsp3) is 0.929. The number of nitrogens with one attached hydrogen (secondary N) is 1. The van der Waals surface area contributed by atoms with Gasteiger partial charge in [0.1, 0.15) is 0 Å². The molecule has 6 atom stereocenters. The molecule has 1 N–H and O–H groups in total. The normalized spacial score (nSPS) is 50.4. The molecule has 2 bridgehead atoms. The maximum Gasteiger partial charge on any atom is 0.223 e. The minimum absolute atomic E-state index is 0.286. The average Bonchev–Trinajstić information content (AvgIpc) is 2.80.